The molecule has 1 heterocycles. The van der Waals surface area contributed by atoms with Crippen molar-refractivity contribution >= 4 is 22.5 Å². The van der Waals surface area contributed by atoms with Gasteiger partial charge in [-0.3, -0.25) is 0 Å². The normalized spacial score (nSPS) is 11.0. The number of hydrogen-bond donors (Lipinski definition) is 1. The van der Waals surface area contributed by atoms with Crippen LogP contribution in [0.1, 0.15) is 12.5 Å². The Labute approximate surface area is 80.5 Å². The summed E-state index contributed by atoms with van der Waals surface area (Å²) in [5.74, 6) is -0.173. The highest BCUT2D eigenvalue weighted by atomic mass is 35.5. The molecule has 0 aliphatic heterocycles. The topological polar surface area (TPSA) is 15.8 Å². The van der Waals surface area contributed by atoms with Gasteiger partial charge in [-0.1, -0.05) is 18.5 Å². The second kappa shape index (κ2) is 3.04. The van der Waals surface area contributed by atoms with E-state index in [0.29, 0.717) is 17.0 Å². The molecule has 1 aromatic carbocycles. The van der Waals surface area contributed by atoms with Crippen molar-refractivity contribution in [3.05, 3.63) is 34.7 Å². The molecule has 0 amide bonds. The van der Waals surface area contributed by atoms with Crippen LogP contribution in [0, 0.1) is 5.82 Å². The fourth-order valence-corrected chi connectivity index (χ4v) is 1.64. The van der Waals surface area contributed by atoms with Crippen molar-refractivity contribution in [2.45, 2.75) is 13.3 Å². The highest BCUT2D eigenvalue weighted by Crippen LogP contribution is 2.25. The summed E-state index contributed by atoms with van der Waals surface area (Å²) >= 11 is 5.90. The summed E-state index contributed by atoms with van der Waals surface area (Å²) < 4.78 is 13.3. The molecule has 0 unspecified atom stereocenters. The van der Waals surface area contributed by atoms with E-state index in [4.69, 9.17) is 11.6 Å². The Bertz CT molecular complexity index is 447. The second-order valence-corrected chi connectivity index (χ2v) is 3.39. The summed E-state index contributed by atoms with van der Waals surface area (Å²) in [6, 6.07) is 3.28. The maximum Gasteiger partial charge on any atom is 0.128 e. The molecule has 0 saturated heterocycles. The lowest BCUT2D eigenvalue weighted by atomic mass is 10.1. The fourth-order valence-electron chi connectivity index (χ4n) is 1.42. The molecule has 3 heteroatoms. The fraction of sp³-hybridized carbons (Fsp3) is 0.200. The number of benzene rings is 1. The molecule has 0 aliphatic carbocycles. The average molecular weight is 198 g/mol. The van der Waals surface area contributed by atoms with Crippen LogP contribution in [0.25, 0.3) is 10.9 Å². The first-order valence-corrected chi connectivity index (χ1v) is 4.55. The van der Waals surface area contributed by atoms with Gasteiger partial charge in [0.15, 0.2) is 0 Å². The van der Waals surface area contributed by atoms with Crippen LogP contribution in [0.2, 0.25) is 5.02 Å². The number of aromatic nitrogens is 1. The van der Waals surface area contributed by atoms with Crippen LogP contribution in [0.15, 0.2) is 18.3 Å². The third-order valence-electron chi connectivity index (χ3n) is 2.18. The van der Waals surface area contributed by atoms with Gasteiger partial charge in [-0.05, 0) is 24.1 Å². The van der Waals surface area contributed by atoms with E-state index in [1.807, 2.05) is 6.92 Å². The molecule has 0 bridgehead atoms. The molecule has 0 atom stereocenters. The molecule has 0 fully saturated rings. The van der Waals surface area contributed by atoms with Crippen molar-refractivity contribution < 1.29 is 4.39 Å². The first kappa shape index (κ1) is 8.57. The van der Waals surface area contributed by atoms with Gasteiger partial charge in [0.25, 0.3) is 0 Å². The van der Waals surface area contributed by atoms with E-state index < -0.39 is 0 Å². The van der Waals surface area contributed by atoms with Gasteiger partial charge >= 0.3 is 0 Å². The summed E-state index contributed by atoms with van der Waals surface area (Å²) in [4.78, 5) is 2.91. The van der Waals surface area contributed by atoms with E-state index in [0.717, 1.165) is 10.9 Å². The van der Waals surface area contributed by atoms with E-state index in [1.165, 1.54) is 6.07 Å². The largest absolute Gasteiger partial charge is 0.360 e. The molecule has 0 spiro atoms. The number of aryl methyl sites for hydroxylation is 1. The van der Waals surface area contributed by atoms with Crippen LogP contribution in [0.3, 0.4) is 0 Å². The predicted molar refractivity (Wildman–Crippen MR) is 52.6 cm³/mol. The number of H-pyrrole nitrogens is 1. The molecule has 13 heavy (non-hydrogen) atoms. The Morgan fingerprint density at radius 2 is 2.23 bits per heavy atom. The van der Waals surface area contributed by atoms with Gasteiger partial charge in [-0.2, -0.15) is 0 Å². The second-order valence-electron chi connectivity index (χ2n) is 2.98. The van der Waals surface area contributed by atoms with E-state index in [2.05, 4.69) is 4.98 Å². The first-order valence-electron chi connectivity index (χ1n) is 4.17. The summed E-state index contributed by atoms with van der Waals surface area (Å²) in [5, 5.41) is 1.53. The van der Waals surface area contributed by atoms with Crippen molar-refractivity contribution in [1.29, 1.82) is 0 Å². The number of hydrogen-bond acceptors (Lipinski definition) is 0. The lowest BCUT2D eigenvalue weighted by Gasteiger charge is -1.99. The molecule has 0 aliphatic rings. The highest BCUT2D eigenvalue weighted by molar-refractivity contribution is 6.35. The van der Waals surface area contributed by atoms with Crippen LogP contribution in [-0.2, 0) is 6.42 Å². The quantitative estimate of drug-likeness (QED) is 0.720. The van der Waals surface area contributed by atoms with Gasteiger partial charge in [-0.25, -0.2) is 4.39 Å². The Morgan fingerprint density at radius 3 is 2.92 bits per heavy atom. The summed E-state index contributed by atoms with van der Waals surface area (Å²) in [6.07, 6.45) is 2.36. The zero-order valence-electron chi connectivity index (χ0n) is 7.20. The maximum absolute atomic E-state index is 13.3. The minimum absolute atomic E-state index is 0.173. The lowest BCUT2D eigenvalue weighted by molar-refractivity contribution is 0.614. The van der Waals surface area contributed by atoms with E-state index in [-0.39, 0.29) is 5.82 Å². The van der Waals surface area contributed by atoms with Gasteiger partial charge in [0.05, 0.1) is 5.02 Å². The SMILES string of the molecule is CCc1cc2c(Cl)c[nH]c2cc1F. The number of halogens is 2. The summed E-state index contributed by atoms with van der Waals surface area (Å²) in [5.41, 5.74) is 1.45. The molecule has 1 nitrogen and oxygen atoms in total. The molecule has 1 N–H and O–H groups in total. The Kier molecular flexibility index (Phi) is 2.00. The zero-order valence-corrected chi connectivity index (χ0v) is 7.95. The van der Waals surface area contributed by atoms with Gasteiger partial charge in [0.2, 0.25) is 0 Å². The van der Waals surface area contributed by atoms with E-state index >= 15 is 0 Å². The zero-order chi connectivity index (χ0) is 9.42. The summed E-state index contributed by atoms with van der Waals surface area (Å²) in [7, 11) is 0. The Morgan fingerprint density at radius 1 is 1.46 bits per heavy atom. The molecule has 0 radical (unpaired) electrons. The molecule has 2 rings (SSSR count). The third kappa shape index (κ3) is 1.31. The number of aromatic amines is 1. The van der Waals surface area contributed by atoms with Crippen molar-refractivity contribution in [3.8, 4) is 0 Å². The lowest BCUT2D eigenvalue weighted by Crippen LogP contribution is -1.86. The molecule has 1 aromatic heterocycles. The van der Waals surface area contributed by atoms with E-state index in [9.17, 15) is 4.39 Å². The van der Waals surface area contributed by atoms with Gasteiger partial charge in [0.1, 0.15) is 5.82 Å². The first-order chi connectivity index (χ1) is 6.22. The van der Waals surface area contributed by atoms with Crippen LogP contribution >= 0.6 is 11.6 Å². The van der Waals surface area contributed by atoms with Crippen LogP contribution < -0.4 is 0 Å². The van der Waals surface area contributed by atoms with Crippen molar-refractivity contribution in [3.63, 3.8) is 0 Å². The standard InChI is InChI=1S/C10H9ClFN/c1-2-6-3-7-8(11)5-13-10(7)4-9(6)12/h3-5,13H,2H2,1H3. The molecular weight excluding hydrogens is 189 g/mol. The molecule has 0 saturated carbocycles. The molecule has 68 valence electrons. The number of fused-ring (bicyclic) bond motifs is 1. The third-order valence-corrected chi connectivity index (χ3v) is 2.49. The minimum Gasteiger partial charge on any atom is -0.360 e. The van der Waals surface area contributed by atoms with Crippen molar-refractivity contribution in [1.82, 2.24) is 4.98 Å². The van der Waals surface area contributed by atoms with Crippen LogP contribution in [0.5, 0.6) is 0 Å². The smallest absolute Gasteiger partial charge is 0.128 e. The minimum atomic E-state index is -0.173. The average Bonchev–Trinajstić information content (AvgIpc) is 2.46. The number of nitrogens with one attached hydrogen (secondary N) is 1. The van der Waals surface area contributed by atoms with Gasteiger partial charge < -0.3 is 4.98 Å². The maximum atomic E-state index is 13.3. The molecule has 2 aromatic rings. The van der Waals surface area contributed by atoms with Gasteiger partial charge in [0, 0.05) is 17.1 Å². The van der Waals surface area contributed by atoms with Crippen molar-refractivity contribution in [2.24, 2.45) is 0 Å². The monoisotopic (exact) mass is 197 g/mol. The summed E-state index contributed by atoms with van der Waals surface area (Å²) in [6.45, 7) is 1.92. The van der Waals surface area contributed by atoms with Gasteiger partial charge in [-0.15, -0.1) is 0 Å². The van der Waals surface area contributed by atoms with Crippen molar-refractivity contribution in [2.75, 3.05) is 0 Å². The number of rotatable bonds is 1. The van der Waals surface area contributed by atoms with Crippen LogP contribution in [0.4, 0.5) is 4.39 Å². The van der Waals surface area contributed by atoms with E-state index in [1.54, 1.807) is 12.3 Å². The Hall–Kier alpha value is -1.02. The predicted octanol–water partition coefficient (Wildman–Crippen LogP) is 3.52. The van der Waals surface area contributed by atoms with Crippen LogP contribution in [-0.4, -0.2) is 4.98 Å². The molecular formula is C10H9ClFN. The highest BCUT2D eigenvalue weighted by Gasteiger charge is 2.06. The Balaban J connectivity index is 2.77.